The van der Waals surface area contributed by atoms with Crippen molar-refractivity contribution in [3.8, 4) is 11.5 Å². The van der Waals surface area contributed by atoms with E-state index >= 15 is 0 Å². The molecule has 1 aromatic carbocycles. The van der Waals surface area contributed by atoms with Crippen molar-refractivity contribution in [2.24, 2.45) is 11.8 Å². The Hall–Kier alpha value is -2.80. The number of nitrogens with one attached hydrogen (secondary N) is 1. The number of hydrogen-bond acceptors (Lipinski definition) is 5. The Morgan fingerprint density at radius 1 is 1.21 bits per heavy atom. The van der Waals surface area contributed by atoms with Gasteiger partial charge in [0.15, 0.2) is 0 Å². The van der Waals surface area contributed by atoms with Crippen LogP contribution in [0.3, 0.4) is 0 Å². The molecule has 29 heavy (non-hydrogen) atoms. The van der Waals surface area contributed by atoms with E-state index in [4.69, 9.17) is 5.11 Å². The average molecular weight is 400 g/mol. The molecule has 2 aliphatic rings. The van der Waals surface area contributed by atoms with Crippen molar-refractivity contribution in [1.82, 2.24) is 10.2 Å². The summed E-state index contributed by atoms with van der Waals surface area (Å²) in [4.78, 5) is 25.6. The minimum absolute atomic E-state index is 0.0173. The first-order chi connectivity index (χ1) is 13.7. The van der Waals surface area contributed by atoms with Crippen LogP contribution in [0.15, 0.2) is 36.1 Å². The second-order valence-electron chi connectivity index (χ2n) is 8.19. The first-order valence-corrected chi connectivity index (χ1v) is 9.90. The van der Waals surface area contributed by atoms with E-state index in [1.165, 1.54) is 6.07 Å². The molecule has 0 fully saturated rings. The third-order valence-corrected chi connectivity index (χ3v) is 5.66. The lowest BCUT2D eigenvalue weighted by Crippen LogP contribution is -2.37. The van der Waals surface area contributed by atoms with Crippen LogP contribution in [0.1, 0.15) is 49.0 Å². The Labute approximate surface area is 170 Å². The van der Waals surface area contributed by atoms with E-state index in [-0.39, 0.29) is 40.7 Å². The third kappa shape index (κ3) is 4.45. The molecule has 0 saturated heterocycles. The Kier molecular flexibility index (Phi) is 5.98. The van der Waals surface area contributed by atoms with Gasteiger partial charge < -0.3 is 25.5 Å². The van der Waals surface area contributed by atoms with Gasteiger partial charge in [0.25, 0.3) is 5.91 Å². The number of carbonyl (C=O) groups is 2. The van der Waals surface area contributed by atoms with Gasteiger partial charge in [-0.1, -0.05) is 26.0 Å². The summed E-state index contributed by atoms with van der Waals surface area (Å²) in [6.45, 7) is 6.53. The summed E-state index contributed by atoms with van der Waals surface area (Å²) >= 11 is 0. The Bertz CT molecular complexity index is 874. The van der Waals surface area contributed by atoms with Gasteiger partial charge in [0, 0.05) is 31.3 Å². The molecule has 1 aromatic rings. The molecular weight excluding hydrogens is 372 g/mol. The van der Waals surface area contributed by atoms with Crippen LogP contribution in [0.25, 0.3) is 0 Å². The highest BCUT2D eigenvalue weighted by Crippen LogP contribution is 2.37. The van der Waals surface area contributed by atoms with E-state index in [9.17, 15) is 19.8 Å². The summed E-state index contributed by atoms with van der Waals surface area (Å²) in [5.74, 6) is -1.03. The Balaban J connectivity index is 1.69. The number of carboxylic acid groups (broad SMARTS) is 1. The highest BCUT2D eigenvalue weighted by molar-refractivity contribution is 5.98. The van der Waals surface area contributed by atoms with Crippen molar-refractivity contribution < 1.29 is 24.9 Å². The third-order valence-electron chi connectivity index (χ3n) is 5.66. The molecular formula is C22H28N2O5. The van der Waals surface area contributed by atoms with E-state index in [2.05, 4.69) is 5.32 Å². The molecule has 156 valence electrons. The normalized spacial score (nSPS) is 21.8. The molecule has 0 radical (unpaired) electrons. The maximum Gasteiger partial charge on any atom is 0.320 e. The van der Waals surface area contributed by atoms with Crippen molar-refractivity contribution in [3.63, 3.8) is 0 Å². The minimum Gasteiger partial charge on any atom is -0.508 e. The number of allylic oxidation sites excluding steroid dienone is 1. The molecule has 3 atom stereocenters. The fourth-order valence-electron chi connectivity index (χ4n) is 3.85. The van der Waals surface area contributed by atoms with E-state index < -0.39 is 12.0 Å². The summed E-state index contributed by atoms with van der Waals surface area (Å²) in [6.07, 6.45) is 6.68. The summed E-state index contributed by atoms with van der Waals surface area (Å²) in [5.41, 5.74) is 1.86. The van der Waals surface area contributed by atoms with E-state index in [0.29, 0.717) is 18.7 Å². The van der Waals surface area contributed by atoms with E-state index in [0.717, 1.165) is 12.0 Å². The predicted octanol–water partition coefficient (Wildman–Crippen LogP) is 2.82. The molecule has 7 nitrogen and oxygen atoms in total. The van der Waals surface area contributed by atoms with Gasteiger partial charge in [0.1, 0.15) is 17.5 Å². The number of carboxylic acids is 1. The number of rotatable bonds is 6. The number of fused-ring (bicyclic) bond motifs is 1. The van der Waals surface area contributed by atoms with Crippen molar-refractivity contribution >= 4 is 11.9 Å². The molecule has 3 rings (SSSR count). The summed E-state index contributed by atoms with van der Waals surface area (Å²) < 4.78 is 0. The zero-order valence-corrected chi connectivity index (χ0v) is 16.9. The van der Waals surface area contributed by atoms with E-state index in [1.54, 1.807) is 17.9 Å². The lowest BCUT2D eigenvalue weighted by molar-refractivity contribution is -0.139. The fourth-order valence-corrected chi connectivity index (χ4v) is 3.85. The minimum atomic E-state index is -0.877. The molecule has 7 heteroatoms. The SMILES string of the molecule is CC(C)c1cc(C(=O)N2C=C3C=CC(CN[C@@H](C)C(=O)O)CC3C2)c(O)cc1O. The monoisotopic (exact) mass is 400 g/mol. The van der Waals surface area contributed by atoms with Crippen molar-refractivity contribution in [2.75, 3.05) is 13.1 Å². The number of amides is 1. The predicted molar refractivity (Wildman–Crippen MR) is 109 cm³/mol. The standard InChI is InChI=1S/C22H28N2O5/c1-12(2)17-7-18(20(26)8-19(17)25)21(27)24-10-15-5-4-14(6-16(15)11-24)9-23-13(3)22(28)29/h4-5,7-8,10,12-14,16,23,25-26H,6,9,11H2,1-3H3,(H,28,29)/t13-,14?,16?/m0/s1. The van der Waals surface area contributed by atoms with E-state index in [1.807, 2.05) is 32.2 Å². The molecule has 0 bridgehead atoms. The number of benzene rings is 1. The van der Waals surface area contributed by atoms with Gasteiger partial charge in [-0.25, -0.2) is 0 Å². The van der Waals surface area contributed by atoms with Crippen molar-refractivity contribution in [2.45, 2.75) is 39.2 Å². The molecule has 1 amide bonds. The zero-order chi connectivity index (χ0) is 21.3. The van der Waals surface area contributed by atoms with Gasteiger partial charge in [-0.2, -0.15) is 0 Å². The number of hydrogen-bond donors (Lipinski definition) is 4. The van der Waals surface area contributed by atoms with Crippen LogP contribution in [0.5, 0.6) is 11.5 Å². The quantitative estimate of drug-likeness (QED) is 0.585. The molecule has 0 saturated carbocycles. The van der Waals surface area contributed by atoms with Gasteiger partial charge in [-0.15, -0.1) is 0 Å². The molecule has 2 unspecified atom stereocenters. The smallest absolute Gasteiger partial charge is 0.320 e. The van der Waals surface area contributed by atoms with Crippen LogP contribution < -0.4 is 5.32 Å². The van der Waals surface area contributed by atoms with Crippen molar-refractivity contribution in [3.05, 3.63) is 47.2 Å². The van der Waals surface area contributed by atoms with Gasteiger partial charge in [-0.05, 0) is 42.4 Å². The van der Waals surface area contributed by atoms with Crippen molar-refractivity contribution in [1.29, 1.82) is 0 Å². The number of phenolic OH excluding ortho intramolecular Hbond substituents is 2. The Morgan fingerprint density at radius 2 is 1.93 bits per heavy atom. The second-order valence-corrected chi connectivity index (χ2v) is 8.19. The van der Waals surface area contributed by atoms with Gasteiger partial charge in [-0.3, -0.25) is 9.59 Å². The summed E-state index contributed by atoms with van der Waals surface area (Å²) in [6, 6.07) is 2.19. The molecule has 1 aliphatic heterocycles. The first kappa shape index (κ1) is 20.9. The lowest BCUT2D eigenvalue weighted by Gasteiger charge is -2.25. The van der Waals surface area contributed by atoms with Crippen LogP contribution in [0.2, 0.25) is 0 Å². The van der Waals surface area contributed by atoms with Crippen LogP contribution in [0.4, 0.5) is 0 Å². The zero-order valence-electron chi connectivity index (χ0n) is 16.9. The largest absolute Gasteiger partial charge is 0.508 e. The highest BCUT2D eigenvalue weighted by atomic mass is 16.4. The number of phenols is 2. The van der Waals surface area contributed by atoms with Gasteiger partial charge >= 0.3 is 5.97 Å². The Morgan fingerprint density at radius 3 is 2.59 bits per heavy atom. The maximum atomic E-state index is 13.0. The number of carbonyl (C=O) groups excluding carboxylic acids is 1. The van der Waals surface area contributed by atoms with Crippen LogP contribution in [-0.4, -0.2) is 51.2 Å². The van der Waals surface area contributed by atoms with Crippen LogP contribution in [0, 0.1) is 11.8 Å². The number of aromatic hydroxyl groups is 2. The van der Waals surface area contributed by atoms with Crippen LogP contribution in [-0.2, 0) is 4.79 Å². The molecule has 0 spiro atoms. The highest BCUT2D eigenvalue weighted by Gasteiger charge is 2.32. The molecule has 1 aliphatic carbocycles. The summed E-state index contributed by atoms with van der Waals surface area (Å²) in [7, 11) is 0. The topological polar surface area (TPSA) is 110 Å². The van der Waals surface area contributed by atoms with Gasteiger partial charge in [0.05, 0.1) is 5.56 Å². The molecule has 0 aromatic heterocycles. The summed E-state index contributed by atoms with van der Waals surface area (Å²) in [5, 5.41) is 32.2. The average Bonchev–Trinajstić information content (AvgIpc) is 3.08. The lowest BCUT2D eigenvalue weighted by atomic mass is 9.84. The molecule has 4 N–H and O–H groups in total. The number of nitrogens with zero attached hydrogens (tertiary/aromatic N) is 1. The van der Waals surface area contributed by atoms with Crippen LogP contribution >= 0.6 is 0 Å². The first-order valence-electron chi connectivity index (χ1n) is 9.90. The van der Waals surface area contributed by atoms with Gasteiger partial charge in [0.2, 0.25) is 0 Å². The molecule has 1 heterocycles. The second kappa shape index (κ2) is 8.29. The fraction of sp³-hybridized carbons (Fsp3) is 0.455. The number of aliphatic carboxylic acids is 1. The maximum absolute atomic E-state index is 13.0.